The summed E-state index contributed by atoms with van der Waals surface area (Å²) in [4.78, 5) is 24.4. The number of carbonyl (C=O) groups excluding carboxylic acids is 2. The van der Waals surface area contributed by atoms with Gasteiger partial charge >= 0.3 is 5.97 Å². The molecule has 0 aliphatic carbocycles. The van der Waals surface area contributed by atoms with E-state index in [1.54, 1.807) is 32.2 Å². The minimum Gasteiger partial charge on any atom is -0.496 e. The van der Waals surface area contributed by atoms with Crippen molar-refractivity contribution in [3.05, 3.63) is 51.0 Å². The van der Waals surface area contributed by atoms with Gasteiger partial charge in [0, 0.05) is 12.1 Å². The molecule has 0 aromatic heterocycles. The lowest BCUT2D eigenvalue weighted by molar-refractivity contribution is -0.111. The van der Waals surface area contributed by atoms with Crippen LogP contribution in [0.25, 0.3) is 6.08 Å². The summed E-state index contributed by atoms with van der Waals surface area (Å²) >= 11 is 9.68. The van der Waals surface area contributed by atoms with Crippen LogP contribution in [0.15, 0.2) is 34.8 Å². The molecule has 31 heavy (non-hydrogen) atoms. The fraction of sp³-hybridized carbons (Fsp3) is 0.273. The Morgan fingerprint density at radius 2 is 1.77 bits per heavy atom. The average molecular weight is 513 g/mol. The summed E-state index contributed by atoms with van der Waals surface area (Å²) in [6.07, 6.45) is 2.97. The molecule has 0 heterocycles. The molecule has 2 aromatic rings. The molecule has 2 rings (SSSR count). The largest absolute Gasteiger partial charge is 0.496 e. The van der Waals surface area contributed by atoms with Crippen LogP contribution in [0.5, 0.6) is 17.2 Å². The molecule has 0 atom stereocenters. The van der Waals surface area contributed by atoms with Gasteiger partial charge in [-0.05, 0) is 59.6 Å². The minimum atomic E-state index is -0.561. The molecule has 1 N–H and O–H groups in total. The first-order valence-electron chi connectivity index (χ1n) is 9.38. The van der Waals surface area contributed by atoms with E-state index in [1.165, 1.54) is 25.3 Å². The molecule has 0 saturated heterocycles. The van der Waals surface area contributed by atoms with Crippen LogP contribution in [0.2, 0.25) is 5.02 Å². The van der Waals surface area contributed by atoms with Crippen LogP contribution >= 0.6 is 27.5 Å². The molecule has 0 bridgehead atoms. The van der Waals surface area contributed by atoms with Gasteiger partial charge in [0.05, 0.1) is 42.6 Å². The monoisotopic (exact) mass is 511 g/mol. The maximum absolute atomic E-state index is 12.4. The van der Waals surface area contributed by atoms with E-state index in [1.807, 2.05) is 6.92 Å². The van der Waals surface area contributed by atoms with E-state index in [0.717, 1.165) is 5.56 Å². The van der Waals surface area contributed by atoms with Gasteiger partial charge in [0.15, 0.2) is 11.5 Å². The zero-order valence-electron chi connectivity index (χ0n) is 17.6. The topological polar surface area (TPSA) is 83.1 Å². The first kappa shape index (κ1) is 24.6. The molecular formula is C22H23BrClNO6. The van der Waals surface area contributed by atoms with Gasteiger partial charge in [0.1, 0.15) is 11.3 Å². The first-order chi connectivity index (χ1) is 14.8. The quantitative estimate of drug-likeness (QED) is 0.360. The molecule has 2 aromatic carbocycles. The van der Waals surface area contributed by atoms with Crippen LogP contribution in [0, 0.1) is 0 Å². The van der Waals surface area contributed by atoms with Crippen LogP contribution in [-0.2, 0) is 9.53 Å². The lowest BCUT2D eigenvalue weighted by atomic mass is 10.1. The normalized spacial score (nSPS) is 10.6. The zero-order chi connectivity index (χ0) is 23.0. The molecule has 166 valence electrons. The van der Waals surface area contributed by atoms with Crippen molar-refractivity contribution in [3.8, 4) is 17.2 Å². The Labute approximate surface area is 194 Å². The molecule has 0 unspecified atom stereocenters. The molecule has 9 heteroatoms. The molecular weight excluding hydrogens is 490 g/mol. The van der Waals surface area contributed by atoms with Gasteiger partial charge in [0.25, 0.3) is 0 Å². The number of halogens is 2. The van der Waals surface area contributed by atoms with Crippen molar-refractivity contribution < 1.29 is 28.5 Å². The maximum Gasteiger partial charge on any atom is 0.341 e. The third kappa shape index (κ3) is 6.38. The number of nitrogens with one attached hydrogen (secondary N) is 1. The predicted molar refractivity (Wildman–Crippen MR) is 123 cm³/mol. The number of ether oxygens (including phenoxy) is 4. The lowest BCUT2D eigenvalue weighted by Crippen LogP contribution is -2.11. The number of rotatable bonds is 9. The molecule has 0 fully saturated rings. The van der Waals surface area contributed by atoms with E-state index in [0.29, 0.717) is 28.3 Å². The molecule has 0 aliphatic rings. The highest BCUT2D eigenvalue weighted by atomic mass is 79.9. The van der Waals surface area contributed by atoms with Gasteiger partial charge in [-0.2, -0.15) is 0 Å². The molecule has 0 radical (unpaired) electrons. The summed E-state index contributed by atoms with van der Waals surface area (Å²) in [5.74, 6) is 0.388. The SMILES string of the molecule is CCOC(=O)c1cc(Cl)c(NC(=O)/C=C/c2cc(Br)c(OCC)c(OC)c2)cc1OC. The Hall–Kier alpha value is -2.71. The number of esters is 1. The number of amides is 1. The van der Waals surface area contributed by atoms with E-state index in [2.05, 4.69) is 21.2 Å². The van der Waals surface area contributed by atoms with Crippen LogP contribution in [0.4, 0.5) is 5.69 Å². The minimum absolute atomic E-state index is 0.175. The first-order valence-corrected chi connectivity index (χ1v) is 10.6. The third-order valence-electron chi connectivity index (χ3n) is 4.01. The smallest absolute Gasteiger partial charge is 0.341 e. The van der Waals surface area contributed by atoms with Crippen molar-refractivity contribution in [1.82, 2.24) is 0 Å². The van der Waals surface area contributed by atoms with Crippen LogP contribution in [-0.4, -0.2) is 39.3 Å². The lowest BCUT2D eigenvalue weighted by Gasteiger charge is -2.13. The number of hydrogen-bond acceptors (Lipinski definition) is 6. The van der Waals surface area contributed by atoms with E-state index in [4.69, 9.17) is 30.5 Å². The highest BCUT2D eigenvalue weighted by molar-refractivity contribution is 9.10. The van der Waals surface area contributed by atoms with Gasteiger partial charge in [0.2, 0.25) is 5.91 Å². The second-order valence-electron chi connectivity index (χ2n) is 6.04. The molecule has 7 nitrogen and oxygen atoms in total. The van der Waals surface area contributed by atoms with E-state index >= 15 is 0 Å². The Kier molecular flexibility index (Phi) is 9.21. The van der Waals surface area contributed by atoms with Crippen molar-refractivity contribution in [2.75, 3.05) is 32.8 Å². The number of methoxy groups -OCH3 is 2. The number of benzene rings is 2. The van der Waals surface area contributed by atoms with E-state index < -0.39 is 11.9 Å². The molecule has 0 spiro atoms. The van der Waals surface area contributed by atoms with Crippen LogP contribution < -0.4 is 19.5 Å². The Bertz CT molecular complexity index is 992. The summed E-state index contributed by atoms with van der Waals surface area (Å²) in [6, 6.07) is 6.42. The summed E-state index contributed by atoms with van der Waals surface area (Å²) in [6.45, 7) is 4.29. The summed E-state index contributed by atoms with van der Waals surface area (Å²) < 4.78 is 21.8. The third-order valence-corrected chi connectivity index (χ3v) is 4.91. The molecule has 0 aliphatic heterocycles. The van der Waals surface area contributed by atoms with Crippen molar-refractivity contribution in [3.63, 3.8) is 0 Å². The highest BCUT2D eigenvalue weighted by Gasteiger charge is 2.17. The standard InChI is InChI=1S/C22H23BrClNO6/c1-5-30-21-15(23)9-13(10-19(21)29-4)7-8-20(26)25-17-12-18(28-3)14(11-16(17)24)22(27)31-6-2/h7-12H,5-6H2,1-4H3,(H,25,26)/b8-7+. The Balaban J connectivity index is 2.21. The number of carbonyl (C=O) groups is 2. The summed E-state index contributed by atoms with van der Waals surface area (Å²) in [5, 5.41) is 2.85. The number of anilines is 1. The Morgan fingerprint density at radius 3 is 2.39 bits per heavy atom. The highest BCUT2D eigenvalue weighted by Crippen LogP contribution is 2.37. The predicted octanol–water partition coefficient (Wildman–Crippen LogP) is 5.35. The second kappa shape index (κ2) is 11.6. The van der Waals surface area contributed by atoms with Crippen molar-refractivity contribution >= 4 is 51.2 Å². The van der Waals surface area contributed by atoms with Crippen LogP contribution in [0.3, 0.4) is 0 Å². The van der Waals surface area contributed by atoms with E-state index in [9.17, 15) is 9.59 Å². The van der Waals surface area contributed by atoms with Gasteiger partial charge < -0.3 is 24.3 Å². The van der Waals surface area contributed by atoms with E-state index in [-0.39, 0.29) is 22.9 Å². The Morgan fingerprint density at radius 1 is 1.06 bits per heavy atom. The number of hydrogen-bond donors (Lipinski definition) is 1. The van der Waals surface area contributed by atoms with Gasteiger partial charge in [-0.15, -0.1) is 0 Å². The zero-order valence-corrected chi connectivity index (χ0v) is 19.9. The fourth-order valence-corrected chi connectivity index (χ4v) is 3.44. The van der Waals surface area contributed by atoms with Crippen molar-refractivity contribution in [2.45, 2.75) is 13.8 Å². The second-order valence-corrected chi connectivity index (χ2v) is 7.30. The molecule has 0 saturated carbocycles. The summed E-state index contributed by atoms with van der Waals surface area (Å²) in [7, 11) is 2.95. The van der Waals surface area contributed by atoms with Crippen LogP contribution in [0.1, 0.15) is 29.8 Å². The average Bonchev–Trinajstić information content (AvgIpc) is 2.75. The fourth-order valence-electron chi connectivity index (χ4n) is 2.65. The van der Waals surface area contributed by atoms with Gasteiger partial charge in [-0.25, -0.2) is 4.79 Å². The molecule has 1 amide bonds. The summed E-state index contributed by atoms with van der Waals surface area (Å²) in [5.41, 5.74) is 1.20. The van der Waals surface area contributed by atoms with Crippen molar-refractivity contribution in [2.24, 2.45) is 0 Å². The van der Waals surface area contributed by atoms with Gasteiger partial charge in [-0.1, -0.05) is 11.6 Å². The van der Waals surface area contributed by atoms with Crippen molar-refractivity contribution in [1.29, 1.82) is 0 Å². The van der Waals surface area contributed by atoms with Gasteiger partial charge in [-0.3, -0.25) is 4.79 Å². The maximum atomic E-state index is 12.4.